The van der Waals surface area contributed by atoms with Crippen molar-refractivity contribution in [3.63, 3.8) is 0 Å². The van der Waals surface area contributed by atoms with Crippen LogP contribution in [-0.2, 0) is 28.6 Å². The van der Waals surface area contributed by atoms with Crippen LogP contribution in [0.4, 0.5) is 0 Å². The average Bonchev–Trinajstić information content (AvgIpc) is 3.33. The zero-order valence-electron chi connectivity index (χ0n) is 43.6. The highest BCUT2D eigenvalue weighted by molar-refractivity contribution is 5.71. The molecule has 0 fully saturated rings. The van der Waals surface area contributed by atoms with Crippen LogP contribution < -0.4 is 0 Å². The van der Waals surface area contributed by atoms with Crippen LogP contribution in [0.1, 0.15) is 252 Å². The Morgan fingerprint density at radius 2 is 0.612 bits per heavy atom. The van der Waals surface area contributed by atoms with Gasteiger partial charge in [-0.05, 0) is 89.9 Å². The number of unbranched alkanes of at least 4 members (excludes halogenated alkanes) is 22. The quantitative estimate of drug-likeness (QED) is 0.0262. The molecule has 0 radical (unpaired) electrons. The highest BCUT2D eigenvalue weighted by Crippen LogP contribution is 2.15. The van der Waals surface area contributed by atoms with Crippen LogP contribution in [0.3, 0.4) is 0 Å². The minimum Gasteiger partial charge on any atom is -0.462 e. The number of carbonyl (C=O) groups excluding carboxylic acids is 3. The summed E-state index contributed by atoms with van der Waals surface area (Å²) in [6, 6.07) is 0. The third-order valence-electron chi connectivity index (χ3n) is 11.6. The minimum atomic E-state index is -0.809. The Hall–Kier alpha value is -3.67. The lowest BCUT2D eigenvalue weighted by Crippen LogP contribution is -2.30. The smallest absolute Gasteiger partial charge is 0.306 e. The molecule has 6 heteroatoms. The number of allylic oxidation sites excluding steroid dienone is 16. The first kappa shape index (κ1) is 63.3. The monoisotopic (exact) mass is 931 g/mol. The van der Waals surface area contributed by atoms with Gasteiger partial charge in [0.1, 0.15) is 13.2 Å². The van der Waals surface area contributed by atoms with Gasteiger partial charge in [0.25, 0.3) is 0 Å². The van der Waals surface area contributed by atoms with Crippen molar-refractivity contribution in [2.24, 2.45) is 0 Å². The Morgan fingerprint density at radius 3 is 1.03 bits per heavy atom. The topological polar surface area (TPSA) is 78.9 Å². The first-order valence-corrected chi connectivity index (χ1v) is 27.7. The standard InChI is InChI=1S/C61H102O6/c1-4-7-10-13-16-19-22-24-26-28-30-32-34-36-39-42-45-48-51-54-60(63)66-57-58(56-65-59(62)53-50-47-44-41-38-21-18-15-12-9-6-3)67-61(64)55-52-49-46-43-40-37-35-33-31-29-27-25-23-20-17-14-11-8-5-2/h7,10,16-17,19-20,24-27,30,32,36,39,45,48,58H,4-6,8-9,11-15,18,21-23,28-29,31,33-35,37-38,40-44,46-47,49-57H2,1-3H3/b10-7-,19-16-,20-17-,26-24-,27-25-,32-30-,39-36-,48-45-. The lowest BCUT2D eigenvalue weighted by Gasteiger charge is -2.18. The molecule has 0 heterocycles. The zero-order valence-corrected chi connectivity index (χ0v) is 43.6. The van der Waals surface area contributed by atoms with Crippen molar-refractivity contribution >= 4 is 17.9 Å². The van der Waals surface area contributed by atoms with E-state index in [1.54, 1.807) is 0 Å². The Bertz CT molecular complexity index is 1350. The van der Waals surface area contributed by atoms with E-state index in [1.807, 2.05) is 6.08 Å². The summed E-state index contributed by atoms with van der Waals surface area (Å²) in [7, 11) is 0. The SMILES string of the molecule is CC/C=C\C/C=C\C/C=C\C/C=C\C/C=C\C/C=C\CCC(=O)OCC(COC(=O)CCCCCCCCCCCCC)OC(=O)CCCCCCCCCCC/C=C\C/C=C\CCCCC. The Kier molecular flexibility index (Phi) is 51.9. The lowest BCUT2D eigenvalue weighted by atomic mass is 10.1. The van der Waals surface area contributed by atoms with Crippen molar-refractivity contribution in [1.29, 1.82) is 0 Å². The highest BCUT2D eigenvalue weighted by Gasteiger charge is 2.19. The van der Waals surface area contributed by atoms with Crippen LogP contribution in [0.15, 0.2) is 97.2 Å². The maximum absolute atomic E-state index is 12.8. The van der Waals surface area contributed by atoms with Crippen LogP contribution in [0, 0.1) is 0 Å². The van der Waals surface area contributed by atoms with Gasteiger partial charge in [-0.2, -0.15) is 0 Å². The molecule has 0 aromatic heterocycles. The third-order valence-corrected chi connectivity index (χ3v) is 11.6. The van der Waals surface area contributed by atoms with Crippen molar-refractivity contribution in [1.82, 2.24) is 0 Å². The summed E-state index contributed by atoms with van der Waals surface area (Å²) >= 11 is 0. The molecule has 382 valence electrons. The van der Waals surface area contributed by atoms with Gasteiger partial charge in [-0.3, -0.25) is 14.4 Å². The maximum atomic E-state index is 12.8. The van der Waals surface area contributed by atoms with Gasteiger partial charge in [0.2, 0.25) is 0 Å². The molecule has 0 aromatic carbocycles. The summed E-state index contributed by atoms with van der Waals surface area (Å²) < 4.78 is 16.8. The molecule has 0 N–H and O–H groups in total. The van der Waals surface area contributed by atoms with Gasteiger partial charge >= 0.3 is 17.9 Å². The second kappa shape index (κ2) is 54.9. The van der Waals surface area contributed by atoms with E-state index >= 15 is 0 Å². The van der Waals surface area contributed by atoms with Crippen molar-refractivity contribution in [2.45, 2.75) is 258 Å². The first-order chi connectivity index (χ1) is 33.0. The summed E-state index contributed by atoms with van der Waals surface area (Å²) in [5.74, 6) is -0.993. The summed E-state index contributed by atoms with van der Waals surface area (Å²) in [5.41, 5.74) is 0. The molecule has 0 aliphatic heterocycles. The molecule has 0 amide bonds. The number of hydrogen-bond donors (Lipinski definition) is 0. The summed E-state index contributed by atoms with van der Waals surface area (Å²) in [5, 5.41) is 0. The first-order valence-electron chi connectivity index (χ1n) is 27.7. The van der Waals surface area contributed by atoms with Gasteiger partial charge in [0.15, 0.2) is 6.10 Å². The van der Waals surface area contributed by atoms with Crippen molar-refractivity contribution in [2.75, 3.05) is 13.2 Å². The van der Waals surface area contributed by atoms with Gasteiger partial charge in [-0.25, -0.2) is 0 Å². The van der Waals surface area contributed by atoms with E-state index in [2.05, 4.69) is 112 Å². The van der Waals surface area contributed by atoms with E-state index in [0.29, 0.717) is 19.3 Å². The molecule has 1 atom stereocenters. The normalized spacial score (nSPS) is 12.8. The number of rotatable bonds is 49. The molecule has 0 aromatic rings. The molecule has 0 spiro atoms. The number of ether oxygens (including phenoxy) is 3. The molecule has 0 aliphatic carbocycles. The van der Waals surface area contributed by atoms with Gasteiger partial charge in [-0.1, -0.05) is 240 Å². The second-order valence-corrected chi connectivity index (χ2v) is 18.1. The molecule has 0 bridgehead atoms. The Balaban J connectivity index is 4.47. The molecule has 67 heavy (non-hydrogen) atoms. The summed E-state index contributed by atoms with van der Waals surface area (Å²) in [6.45, 7) is 6.43. The van der Waals surface area contributed by atoms with E-state index in [0.717, 1.165) is 83.5 Å². The van der Waals surface area contributed by atoms with Crippen molar-refractivity contribution < 1.29 is 28.6 Å². The van der Waals surface area contributed by atoms with Crippen LogP contribution in [0.5, 0.6) is 0 Å². The van der Waals surface area contributed by atoms with E-state index in [9.17, 15) is 14.4 Å². The van der Waals surface area contributed by atoms with Crippen LogP contribution >= 0.6 is 0 Å². The zero-order chi connectivity index (χ0) is 48.6. The van der Waals surface area contributed by atoms with Gasteiger partial charge in [-0.15, -0.1) is 0 Å². The predicted octanol–water partition coefficient (Wildman–Crippen LogP) is 18.5. The molecular weight excluding hydrogens is 829 g/mol. The molecule has 0 saturated heterocycles. The molecule has 0 rings (SSSR count). The van der Waals surface area contributed by atoms with Crippen LogP contribution in [0.25, 0.3) is 0 Å². The van der Waals surface area contributed by atoms with E-state index < -0.39 is 6.10 Å². The summed E-state index contributed by atoms with van der Waals surface area (Å²) in [6.07, 6.45) is 72.6. The Labute approximate surface area is 413 Å². The van der Waals surface area contributed by atoms with E-state index in [-0.39, 0.29) is 37.5 Å². The fourth-order valence-electron chi connectivity index (χ4n) is 7.44. The molecule has 0 saturated carbocycles. The molecule has 6 nitrogen and oxygen atoms in total. The Morgan fingerprint density at radius 1 is 0.313 bits per heavy atom. The number of carbonyl (C=O) groups is 3. The van der Waals surface area contributed by atoms with Gasteiger partial charge < -0.3 is 14.2 Å². The van der Waals surface area contributed by atoms with E-state index in [4.69, 9.17) is 14.2 Å². The van der Waals surface area contributed by atoms with Crippen molar-refractivity contribution in [3.8, 4) is 0 Å². The average molecular weight is 931 g/mol. The fraction of sp³-hybridized carbons (Fsp3) is 0.689. The highest BCUT2D eigenvalue weighted by atomic mass is 16.6. The van der Waals surface area contributed by atoms with E-state index in [1.165, 1.54) is 122 Å². The minimum absolute atomic E-state index is 0.101. The third kappa shape index (κ3) is 53.2. The molecule has 0 aliphatic rings. The second-order valence-electron chi connectivity index (χ2n) is 18.1. The molecule has 1 unspecified atom stereocenters. The van der Waals surface area contributed by atoms with Crippen molar-refractivity contribution in [3.05, 3.63) is 97.2 Å². The van der Waals surface area contributed by atoms with Crippen LogP contribution in [-0.4, -0.2) is 37.2 Å². The number of esters is 3. The van der Waals surface area contributed by atoms with Crippen LogP contribution in [0.2, 0.25) is 0 Å². The largest absolute Gasteiger partial charge is 0.462 e. The predicted molar refractivity (Wildman–Crippen MR) is 288 cm³/mol. The van der Waals surface area contributed by atoms with Gasteiger partial charge in [0, 0.05) is 19.3 Å². The fourth-order valence-corrected chi connectivity index (χ4v) is 7.44. The van der Waals surface area contributed by atoms with Gasteiger partial charge in [0.05, 0.1) is 0 Å². The summed E-state index contributed by atoms with van der Waals surface area (Å²) in [4.78, 5) is 38.0. The molecular formula is C61H102O6. The number of hydrogen-bond acceptors (Lipinski definition) is 6. The maximum Gasteiger partial charge on any atom is 0.306 e. The lowest BCUT2D eigenvalue weighted by molar-refractivity contribution is -0.166.